The summed E-state index contributed by atoms with van der Waals surface area (Å²) in [4.78, 5) is 34.8. The number of hydrogen-bond donors (Lipinski definition) is 1. The summed E-state index contributed by atoms with van der Waals surface area (Å²) < 4.78 is 39.8. The first kappa shape index (κ1) is 21.7. The molecule has 0 saturated heterocycles. The molecule has 0 aliphatic rings. The zero-order chi connectivity index (χ0) is 22.8. The maximum Gasteiger partial charge on any atom is 0.416 e. The van der Waals surface area contributed by atoms with Crippen molar-refractivity contribution in [1.82, 2.24) is 9.78 Å². The van der Waals surface area contributed by atoms with E-state index in [4.69, 9.17) is 5.11 Å². The van der Waals surface area contributed by atoms with E-state index in [-0.39, 0.29) is 22.7 Å². The third-order valence-corrected chi connectivity index (χ3v) is 4.30. The first-order chi connectivity index (χ1) is 14.6. The van der Waals surface area contributed by atoms with Crippen molar-refractivity contribution in [3.8, 4) is 16.9 Å². The lowest BCUT2D eigenvalue weighted by Crippen LogP contribution is -2.09. The minimum Gasteiger partial charge on any atom is -0.478 e. The van der Waals surface area contributed by atoms with Gasteiger partial charge in [0.1, 0.15) is 5.69 Å². The molecular formula is C22H15F3N2O4. The Kier molecular flexibility index (Phi) is 5.87. The summed E-state index contributed by atoms with van der Waals surface area (Å²) in [6.07, 6.45) is -2.38. The van der Waals surface area contributed by atoms with Crippen LogP contribution in [0.1, 0.15) is 33.3 Å². The number of ketones is 2. The molecule has 1 aromatic heterocycles. The molecule has 0 bridgehead atoms. The van der Waals surface area contributed by atoms with Gasteiger partial charge in [0.15, 0.2) is 5.78 Å². The van der Waals surface area contributed by atoms with Crippen molar-refractivity contribution in [2.24, 2.45) is 0 Å². The molecule has 0 fully saturated rings. The lowest BCUT2D eigenvalue weighted by molar-refractivity contribution is -0.137. The zero-order valence-corrected chi connectivity index (χ0v) is 16.1. The van der Waals surface area contributed by atoms with Crippen molar-refractivity contribution in [2.75, 3.05) is 0 Å². The number of hydrogen-bond acceptors (Lipinski definition) is 4. The van der Waals surface area contributed by atoms with Gasteiger partial charge in [0.25, 0.3) is 0 Å². The summed E-state index contributed by atoms with van der Waals surface area (Å²) in [7, 11) is 0. The minimum atomic E-state index is -4.51. The van der Waals surface area contributed by atoms with E-state index in [1.54, 1.807) is 0 Å². The molecule has 1 heterocycles. The number of allylic oxidation sites excluding steroid dienone is 2. The smallest absolute Gasteiger partial charge is 0.416 e. The van der Waals surface area contributed by atoms with Crippen molar-refractivity contribution in [2.45, 2.75) is 13.1 Å². The fraction of sp³-hybridized carbons (Fsp3) is 0.0909. The first-order valence-electron chi connectivity index (χ1n) is 8.90. The molecule has 0 unspecified atom stereocenters. The van der Waals surface area contributed by atoms with E-state index < -0.39 is 23.5 Å². The van der Waals surface area contributed by atoms with Gasteiger partial charge in [0.05, 0.1) is 22.5 Å². The number of alkyl halides is 3. The molecule has 0 aliphatic carbocycles. The molecular weight excluding hydrogens is 413 g/mol. The molecule has 0 radical (unpaired) electrons. The SMILES string of the molecule is CC(=O)/C=C\C(=O)c1cc(-c2ccc(C(=O)O)cc2)nn1-c1ccc(C(F)(F)F)cc1. The Balaban J connectivity index is 2.08. The van der Waals surface area contributed by atoms with Crippen molar-refractivity contribution in [3.05, 3.63) is 83.6 Å². The summed E-state index contributed by atoms with van der Waals surface area (Å²) >= 11 is 0. The average Bonchev–Trinajstić information content (AvgIpc) is 3.17. The lowest BCUT2D eigenvalue weighted by atomic mass is 10.1. The van der Waals surface area contributed by atoms with Crippen LogP contribution in [0.4, 0.5) is 13.2 Å². The Morgan fingerprint density at radius 2 is 1.58 bits per heavy atom. The predicted octanol–water partition coefficient (Wildman–Crippen LogP) is 4.58. The van der Waals surface area contributed by atoms with Crippen LogP contribution < -0.4 is 0 Å². The van der Waals surface area contributed by atoms with Gasteiger partial charge in [-0.25, -0.2) is 9.48 Å². The standard InChI is InChI=1S/C22H15F3N2O4/c1-13(28)2-11-20(29)19-12-18(14-3-5-15(6-4-14)21(30)31)26-27(19)17-9-7-16(8-10-17)22(23,24)25/h2-12H,1H3,(H,30,31)/b11-2-. The van der Waals surface area contributed by atoms with Crippen LogP contribution in [0, 0.1) is 0 Å². The Labute approximate surface area is 174 Å². The highest BCUT2D eigenvalue weighted by Crippen LogP contribution is 2.30. The van der Waals surface area contributed by atoms with Gasteiger partial charge in [-0.05, 0) is 61.5 Å². The first-order valence-corrected chi connectivity index (χ1v) is 8.90. The molecule has 31 heavy (non-hydrogen) atoms. The fourth-order valence-corrected chi connectivity index (χ4v) is 2.75. The van der Waals surface area contributed by atoms with Crippen LogP contribution in [0.25, 0.3) is 16.9 Å². The second-order valence-corrected chi connectivity index (χ2v) is 6.56. The maximum atomic E-state index is 12.9. The molecule has 9 heteroatoms. The van der Waals surface area contributed by atoms with E-state index in [1.807, 2.05) is 0 Å². The highest BCUT2D eigenvalue weighted by Gasteiger charge is 2.30. The number of benzene rings is 2. The molecule has 0 saturated carbocycles. The Bertz CT molecular complexity index is 1170. The van der Waals surface area contributed by atoms with Gasteiger partial charge >= 0.3 is 12.1 Å². The van der Waals surface area contributed by atoms with Crippen LogP contribution in [-0.4, -0.2) is 32.4 Å². The second-order valence-electron chi connectivity index (χ2n) is 6.56. The van der Waals surface area contributed by atoms with Gasteiger partial charge in [0.2, 0.25) is 5.78 Å². The van der Waals surface area contributed by atoms with Crippen LogP contribution in [-0.2, 0) is 11.0 Å². The molecule has 1 N–H and O–H groups in total. The molecule has 3 aromatic rings. The van der Waals surface area contributed by atoms with E-state index in [1.165, 1.54) is 54.1 Å². The molecule has 3 rings (SSSR count). The molecule has 0 amide bonds. The van der Waals surface area contributed by atoms with Gasteiger partial charge in [-0.2, -0.15) is 18.3 Å². The minimum absolute atomic E-state index is 0.0227. The largest absolute Gasteiger partial charge is 0.478 e. The summed E-state index contributed by atoms with van der Waals surface area (Å²) in [5.41, 5.74) is 0.246. The van der Waals surface area contributed by atoms with Gasteiger partial charge in [-0.1, -0.05) is 12.1 Å². The number of carbonyl (C=O) groups excluding carboxylic acids is 2. The van der Waals surface area contributed by atoms with Crippen molar-refractivity contribution in [1.29, 1.82) is 0 Å². The van der Waals surface area contributed by atoms with Crippen LogP contribution in [0.15, 0.2) is 66.7 Å². The Morgan fingerprint density at radius 3 is 2.10 bits per heavy atom. The van der Waals surface area contributed by atoms with Crippen molar-refractivity contribution < 1.29 is 32.7 Å². The van der Waals surface area contributed by atoms with Crippen LogP contribution in [0.2, 0.25) is 0 Å². The normalized spacial score (nSPS) is 11.6. The van der Waals surface area contributed by atoms with E-state index >= 15 is 0 Å². The number of carboxylic acid groups (broad SMARTS) is 1. The lowest BCUT2D eigenvalue weighted by Gasteiger charge is -2.09. The summed E-state index contributed by atoms with van der Waals surface area (Å²) in [5.74, 6) is -2.03. The maximum absolute atomic E-state index is 12.9. The number of carbonyl (C=O) groups is 3. The molecule has 2 aromatic carbocycles. The van der Waals surface area contributed by atoms with Gasteiger partial charge < -0.3 is 5.11 Å². The average molecular weight is 428 g/mol. The third-order valence-electron chi connectivity index (χ3n) is 4.30. The second kappa shape index (κ2) is 8.39. The molecule has 6 nitrogen and oxygen atoms in total. The van der Waals surface area contributed by atoms with E-state index in [9.17, 15) is 27.6 Å². The summed E-state index contributed by atoms with van der Waals surface area (Å²) in [6, 6.07) is 11.3. The third kappa shape index (κ3) is 4.95. The molecule has 0 atom stereocenters. The monoisotopic (exact) mass is 428 g/mol. The highest BCUT2D eigenvalue weighted by atomic mass is 19.4. The molecule has 0 aliphatic heterocycles. The van der Waals surface area contributed by atoms with E-state index in [0.29, 0.717) is 11.3 Å². The van der Waals surface area contributed by atoms with Gasteiger partial charge in [0, 0.05) is 5.56 Å². The number of halogens is 3. The van der Waals surface area contributed by atoms with Crippen LogP contribution in [0.3, 0.4) is 0 Å². The summed E-state index contributed by atoms with van der Waals surface area (Å²) in [6.45, 7) is 1.27. The fourth-order valence-electron chi connectivity index (χ4n) is 2.75. The number of aromatic carboxylic acids is 1. The van der Waals surface area contributed by atoms with Crippen LogP contribution >= 0.6 is 0 Å². The van der Waals surface area contributed by atoms with Gasteiger partial charge in [-0.3, -0.25) is 9.59 Å². The topological polar surface area (TPSA) is 89.3 Å². The zero-order valence-electron chi connectivity index (χ0n) is 16.1. The van der Waals surface area contributed by atoms with Crippen molar-refractivity contribution >= 4 is 17.5 Å². The number of nitrogens with zero attached hydrogens (tertiary/aromatic N) is 2. The highest BCUT2D eigenvalue weighted by molar-refractivity contribution is 6.07. The van der Waals surface area contributed by atoms with Crippen molar-refractivity contribution in [3.63, 3.8) is 0 Å². The van der Waals surface area contributed by atoms with E-state index in [2.05, 4.69) is 5.10 Å². The Morgan fingerprint density at radius 1 is 0.968 bits per heavy atom. The van der Waals surface area contributed by atoms with E-state index in [0.717, 1.165) is 24.3 Å². The Hall–Kier alpha value is -4.01. The quantitative estimate of drug-likeness (QED) is 0.458. The summed E-state index contributed by atoms with van der Waals surface area (Å²) in [5, 5.41) is 13.3. The number of carboxylic acids is 1. The predicted molar refractivity (Wildman–Crippen MR) is 105 cm³/mol. The van der Waals surface area contributed by atoms with Crippen LogP contribution in [0.5, 0.6) is 0 Å². The molecule has 158 valence electrons. The van der Waals surface area contributed by atoms with Gasteiger partial charge in [-0.15, -0.1) is 0 Å². The number of rotatable bonds is 6. The number of aromatic nitrogens is 2. The molecule has 0 spiro atoms.